The molecule has 110 valence electrons. The Morgan fingerprint density at radius 1 is 1.14 bits per heavy atom. The largest absolute Gasteiger partial charge is 0.384 e. The highest BCUT2D eigenvalue weighted by Gasteiger charge is 2.05. The summed E-state index contributed by atoms with van der Waals surface area (Å²) in [7, 11) is 0. The number of nitrogens with one attached hydrogen (secondary N) is 2. The van der Waals surface area contributed by atoms with Crippen molar-refractivity contribution in [3.8, 4) is 0 Å². The van der Waals surface area contributed by atoms with E-state index in [1.807, 2.05) is 56.3 Å². The molecule has 0 aliphatic heterocycles. The van der Waals surface area contributed by atoms with Crippen molar-refractivity contribution in [3.05, 3.63) is 58.6 Å². The molecular formula is C17H19ClN2O. The maximum atomic E-state index is 12.0. The number of benzene rings is 2. The predicted octanol–water partition coefficient (Wildman–Crippen LogP) is 4.40. The highest BCUT2D eigenvalue weighted by atomic mass is 35.5. The van der Waals surface area contributed by atoms with Crippen molar-refractivity contribution in [1.29, 1.82) is 0 Å². The van der Waals surface area contributed by atoms with Gasteiger partial charge in [-0.1, -0.05) is 29.8 Å². The summed E-state index contributed by atoms with van der Waals surface area (Å²) < 4.78 is 0. The molecule has 0 aliphatic rings. The van der Waals surface area contributed by atoms with Crippen LogP contribution >= 0.6 is 11.6 Å². The van der Waals surface area contributed by atoms with Gasteiger partial charge in [0, 0.05) is 29.4 Å². The van der Waals surface area contributed by atoms with Gasteiger partial charge in [0.1, 0.15) is 0 Å². The average Bonchev–Trinajstić information content (AvgIpc) is 2.44. The van der Waals surface area contributed by atoms with Gasteiger partial charge >= 0.3 is 0 Å². The maximum Gasteiger partial charge on any atom is 0.226 e. The van der Waals surface area contributed by atoms with Crippen LogP contribution in [-0.4, -0.2) is 12.5 Å². The number of halogens is 1. The first kappa shape index (κ1) is 15.4. The lowest BCUT2D eigenvalue weighted by Crippen LogP contribution is -2.17. The minimum absolute atomic E-state index is 0.00164. The van der Waals surface area contributed by atoms with Crippen molar-refractivity contribution in [2.75, 3.05) is 17.2 Å². The van der Waals surface area contributed by atoms with Crippen LogP contribution in [0.4, 0.5) is 11.4 Å². The molecule has 0 bridgehead atoms. The molecule has 0 saturated carbocycles. The zero-order valence-corrected chi connectivity index (χ0v) is 13.0. The summed E-state index contributed by atoms with van der Waals surface area (Å²) in [6.07, 6.45) is 0.403. The van der Waals surface area contributed by atoms with Gasteiger partial charge in [0.15, 0.2) is 0 Å². The SMILES string of the molecule is Cc1cccc(NC(=O)CCNc2cccc(Cl)c2)c1C. The lowest BCUT2D eigenvalue weighted by Gasteiger charge is -2.11. The van der Waals surface area contributed by atoms with Gasteiger partial charge in [-0.15, -0.1) is 0 Å². The lowest BCUT2D eigenvalue weighted by molar-refractivity contribution is -0.115. The van der Waals surface area contributed by atoms with Crippen molar-refractivity contribution in [1.82, 2.24) is 0 Å². The van der Waals surface area contributed by atoms with Crippen molar-refractivity contribution in [2.24, 2.45) is 0 Å². The molecular weight excluding hydrogens is 284 g/mol. The Hall–Kier alpha value is -2.00. The van der Waals surface area contributed by atoms with Crippen LogP contribution in [0.3, 0.4) is 0 Å². The Balaban J connectivity index is 1.84. The number of hydrogen-bond donors (Lipinski definition) is 2. The Morgan fingerprint density at radius 3 is 2.67 bits per heavy atom. The first-order valence-electron chi connectivity index (χ1n) is 6.92. The number of rotatable bonds is 5. The van der Waals surface area contributed by atoms with Crippen LogP contribution in [0.2, 0.25) is 5.02 Å². The third-order valence-electron chi connectivity index (χ3n) is 3.38. The van der Waals surface area contributed by atoms with Gasteiger partial charge in [-0.2, -0.15) is 0 Å². The molecule has 0 atom stereocenters. The molecule has 0 heterocycles. The van der Waals surface area contributed by atoms with Crippen molar-refractivity contribution in [2.45, 2.75) is 20.3 Å². The van der Waals surface area contributed by atoms with E-state index >= 15 is 0 Å². The summed E-state index contributed by atoms with van der Waals surface area (Å²) in [4.78, 5) is 12.0. The van der Waals surface area contributed by atoms with Crippen molar-refractivity contribution in [3.63, 3.8) is 0 Å². The van der Waals surface area contributed by atoms with Gasteiger partial charge in [-0.05, 0) is 49.2 Å². The van der Waals surface area contributed by atoms with Crippen LogP contribution < -0.4 is 10.6 Å². The fourth-order valence-corrected chi connectivity index (χ4v) is 2.21. The van der Waals surface area contributed by atoms with Crippen LogP contribution in [0.25, 0.3) is 0 Å². The molecule has 0 aliphatic carbocycles. The van der Waals surface area contributed by atoms with Gasteiger partial charge in [-0.25, -0.2) is 0 Å². The van der Waals surface area contributed by atoms with Crippen LogP contribution in [0.1, 0.15) is 17.5 Å². The number of carbonyl (C=O) groups is 1. The van der Waals surface area contributed by atoms with Gasteiger partial charge < -0.3 is 10.6 Å². The molecule has 2 aromatic rings. The van der Waals surface area contributed by atoms with Gasteiger partial charge in [-0.3, -0.25) is 4.79 Å². The number of aryl methyl sites for hydroxylation is 1. The van der Waals surface area contributed by atoms with E-state index in [0.29, 0.717) is 18.0 Å². The fourth-order valence-electron chi connectivity index (χ4n) is 2.02. The van der Waals surface area contributed by atoms with E-state index in [0.717, 1.165) is 16.9 Å². The minimum Gasteiger partial charge on any atom is -0.384 e. The molecule has 2 rings (SSSR count). The third-order valence-corrected chi connectivity index (χ3v) is 3.62. The van der Waals surface area contributed by atoms with E-state index in [4.69, 9.17) is 11.6 Å². The molecule has 4 heteroatoms. The molecule has 0 unspecified atom stereocenters. The summed E-state index contributed by atoms with van der Waals surface area (Å²) in [6, 6.07) is 13.4. The normalized spacial score (nSPS) is 10.2. The molecule has 2 aromatic carbocycles. The second-order valence-electron chi connectivity index (χ2n) is 4.98. The first-order valence-corrected chi connectivity index (χ1v) is 7.29. The summed E-state index contributed by atoms with van der Waals surface area (Å²) in [6.45, 7) is 4.61. The van der Waals surface area contributed by atoms with E-state index in [2.05, 4.69) is 10.6 Å². The second-order valence-corrected chi connectivity index (χ2v) is 5.42. The highest BCUT2D eigenvalue weighted by Crippen LogP contribution is 2.18. The molecule has 2 N–H and O–H groups in total. The quantitative estimate of drug-likeness (QED) is 0.859. The third kappa shape index (κ3) is 4.50. The molecule has 0 spiro atoms. The monoisotopic (exact) mass is 302 g/mol. The topological polar surface area (TPSA) is 41.1 Å². The van der Waals surface area contributed by atoms with Crippen LogP contribution in [0.5, 0.6) is 0 Å². The molecule has 3 nitrogen and oxygen atoms in total. The number of hydrogen-bond acceptors (Lipinski definition) is 2. The smallest absolute Gasteiger partial charge is 0.226 e. The van der Waals surface area contributed by atoms with Crippen molar-refractivity contribution < 1.29 is 4.79 Å². The molecule has 21 heavy (non-hydrogen) atoms. The Labute approximate surface area is 130 Å². The molecule has 0 saturated heterocycles. The first-order chi connectivity index (χ1) is 10.1. The van der Waals surface area contributed by atoms with Gasteiger partial charge in [0.25, 0.3) is 0 Å². The Bertz CT molecular complexity index is 640. The summed E-state index contributed by atoms with van der Waals surface area (Å²) >= 11 is 5.91. The lowest BCUT2D eigenvalue weighted by atomic mass is 10.1. The molecule has 0 radical (unpaired) electrons. The maximum absolute atomic E-state index is 12.0. The van der Waals surface area contributed by atoms with Crippen LogP contribution in [0.15, 0.2) is 42.5 Å². The molecule has 0 fully saturated rings. The second kappa shape index (κ2) is 7.14. The highest BCUT2D eigenvalue weighted by molar-refractivity contribution is 6.30. The van der Waals surface area contributed by atoms with Crippen molar-refractivity contribution >= 4 is 28.9 Å². The van der Waals surface area contributed by atoms with Gasteiger partial charge in [0.05, 0.1) is 0 Å². The van der Waals surface area contributed by atoms with E-state index in [1.165, 1.54) is 5.56 Å². The number of carbonyl (C=O) groups excluding carboxylic acids is 1. The number of amides is 1. The van der Waals surface area contributed by atoms with Crippen LogP contribution in [-0.2, 0) is 4.79 Å². The molecule has 1 amide bonds. The number of anilines is 2. The predicted molar refractivity (Wildman–Crippen MR) is 89.1 cm³/mol. The van der Waals surface area contributed by atoms with E-state index in [1.54, 1.807) is 0 Å². The summed E-state index contributed by atoms with van der Waals surface area (Å²) in [5.74, 6) is -0.00164. The van der Waals surface area contributed by atoms with E-state index < -0.39 is 0 Å². The zero-order chi connectivity index (χ0) is 15.2. The van der Waals surface area contributed by atoms with E-state index in [-0.39, 0.29) is 5.91 Å². The standard InChI is InChI=1S/C17H19ClN2O/c1-12-5-3-8-16(13(12)2)20-17(21)9-10-19-15-7-4-6-14(18)11-15/h3-8,11,19H,9-10H2,1-2H3,(H,20,21). The van der Waals surface area contributed by atoms with E-state index in [9.17, 15) is 4.79 Å². The zero-order valence-electron chi connectivity index (χ0n) is 12.2. The fraction of sp³-hybridized carbons (Fsp3) is 0.235. The minimum atomic E-state index is -0.00164. The summed E-state index contributed by atoms with van der Waals surface area (Å²) in [5, 5.41) is 6.81. The Morgan fingerprint density at radius 2 is 1.90 bits per heavy atom. The van der Waals surface area contributed by atoms with Gasteiger partial charge in [0.2, 0.25) is 5.91 Å². The summed E-state index contributed by atoms with van der Waals surface area (Å²) in [5.41, 5.74) is 4.07. The average molecular weight is 303 g/mol. The Kier molecular flexibility index (Phi) is 5.23. The van der Waals surface area contributed by atoms with Crippen LogP contribution in [0, 0.1) is 13.8 Å². The molecule has 0 aromatic heterocycles.